The Morgan fingerprint density at radius 1 is 1.38 bits per heavy atom. The van der Waals surface area contributed by atoms with Crippen LogP contribution in [0.4, 0.5) is 5.69 Å². The molecule has 1 aromatic rings. The molecule has 1 rings (SSSR count). The van der Waals surface area contributed by atoms with Crippen molar-refractivity contribution >= 4 is 23.6 Å². The first-order valence-corrected chi connectivity index (χ1v) is 4.22. The van der Waals surface area contributed by atoms with Gasteiger partial charge >= 0.3 is 0 Å². The van der Waals surface area contributed by atoms with Crippen molar-refractivity contribution in [2.45, 2.75) is 0 Å². The highest BCUT2D eigenvalue weighted by Gasteiger charge is 1.96. The van der Waals surface area contributed by atoms with Crippen LogP contribution < -0.4 is 4.90 Å². The van der Waals surface area contributed by atoms with E-state index in [0.29, 0.717) is 6.29 Å². The highest BCUT2D eigenvalue weighted by atomic mass is 35.5. The second-order valence-corrected chi connectivity index (χ2v) is 3.01. The van der Waals surface area contributed by atoms with Crippen LogP contribution in [0.15, 0.2) is 41.6 Å². The van der Waals surface area contributed by atoms with Crippen LogP contribution in [-0.2, 0) is 4.79 Å². The molecule has 0 N–H and O–H groups in total. The van der Waals surface area contributed by atoms with Crippen LogP contribution in [-0.4, -0.2) is 13.3 Å². The molecule has 0 aliphatic carbocycles. The molecule has 0 atom stereocenters. The second-order valence-electron chi connectivity index (χ2n) is 2.58. The van der Waals surface area contributed by atoms with Crippen molar-refractivity contribution in [1.82, 2.24) is 0 Å². The maximum absolute atomic E-state index is 10.2. The summed E-state index contributed by atoms with van der Waals surface area (Å²) in [4.78, 5) is 12.0. The fourth-order valence-electron chi connectivity index (χ4n) is 0.953. The van der Waals surface area contributed by atoms with E-state index in [1.807, 2.05) is 37.4 Å². The molecule has 0 aliphatic heterocycles. The fourth-order valence-corrected chi connectivity index (χ4v) is 1.10. The summed E-state index contributed by atoms with van der Waals surface area (Å²) in [6.45, 7) is 0. The summed E-state index contributed by atoms with van der Waals surface area (Å²) >= 11 is 5.56. The van der Waals surface area contributed by atoms with Gasteiger partial charge in [0.2, 0.25) is 0 Å². The Morgan fingerprint density at radius 3 is 2.54 bits per heavy atom. The number of halogens is 1. The minimum absolute atomic E-state index is 0.186. The summed E-state index contributed by atoms with van der Waals surface area (Å²) in [7, 11) is 1.83. The molecule has 0 spiro atoms. The first kappa shape index (κ1) is 9.81. The van der Waals surface area contributed by atoms with E-state index in [0.717, 1.165) is 5.69 Å². The molecule has 2 nitrogen and oxygen atoms in total. The molecule has 0 saturated carbocycles. The number of nitrogens with zero attached hydrogens (tertiary/aromatic N) is 1. The largest absolute Gasteiger partial charge is 0.349 e. The molecule has 0 bridgehead atoms. The predicted octanol–water partition coefficient (Wildman–Crippen LogP) is 2.40. The Bertz CT molecular complexity index is 308. The SMILES string of the molecule is CN(C=C(Cl)C=O)c1ccccc1. The number of para-hydroxylation sites is 1. The van der Waals surface area contributed by atoms with Gasteiger partial charge in [-0.15, -0.1) is 0 Å². The molecule has 0 aliphatic rings. The van der Waals surface area contributed by atoms with Crippen LogP contribution in [0, 0.1) is 0 Å². The van der Waals surface area contributed by atoms with Gasteiger partial charge in [-0.1, -0.05) is 29.8 Å². The summed E-state index contributed by atoms with van der Waals surface area (Å²) in [6, 6.07) is 9.66. The van der Waals surface area contributed by atoms with Crippen LogP contribution in [0.3, 0.4) is 0 Å². The highest BCUT2D eigenvalue weighted by Crippen LogP contribution is 2.12. The topological polar surface area (TPSA) is 20.3 Å². The van der Waals surface area contributed by atoms with Crippen molar-refractivity contribution in [2.24, 2.45) is 0 Å². The van der Waals surface area contributed by atoms with Crippen molar-refractivity contribution in [3.63, 3.8) is 0 Å². The van der Waals surface area contributed by atoms with E-state index in [1.165, 1.54) is 0 Å². The third kappa shape index (κ3) is 2.92. The molecule has 0 saturated heterocycles. The van der Waals surface area contributed by atoms with E-state index >= 15 is 0 Å². The summed E-state index contributed by atoms with van der Waals surface area (Å²) in [5.74, 6) is 0. The molecule has 3 heteroatoms. The summed E-state index contributed by atoms with van der Waals surface area (Å²) < 4.78 is 0. The summed E-state index contributed by atoms with van der Waals surface area (Å²) in [6.07, 6.45) is 2.19. The average Bonchev–Trinajstić information content (AvgIpc) is 2.19. The average molecular weight is 196 g/mol. The Morgan fingerprint density at radius 2 is 2.00 bits per heavy atom. The summed E-state index contributed by atoms with van der Waals surface area (Å²) in [5.41, 5.74) is 0.988. The number of carbonyl (C=O) groups excluding carboxylic acids is 1. The van der Waals surface area contributed by atoms with Gasteiger partial charge in [-0.3, -0.25) is 4.79 Å². The number of carbonyl (C=O) groups is 1. The van der Waals surface area contributed by atoms with Crippen LogP contribution in [0.1, 0.15) is 0 Å². The number of hydrogen-bond acceptors (Lipinski definition) is 2. The lowest BCUT2D eigenvalue weighted by Crippen LogP contribution is -2.08. The monoisotopic (exact) mass is 195 g/mol. The smallest absolute Gasteiger partial charge is 0.162 e. The second kappa shape index (κ2) is 4.67. The van der Waals surface area contributed by atoms with E-state index in [-0.39, 0.29) is 5.03 Å². The predicted molar refractivity (Wildman–Crippen MR) is 54.8 cm³/mol. The lowest BCUT2D eigenvalue weighted by Gasteiger charge is -2.13. The van der Waals surface area contributed by atoms with Crippen LogP contribution in [0.25, 0.3) is 0 Å². The maximum atomic E-state index is 10.2. The van der Waals surface area contributed by atoms with Gasteiger partial charge in [0, 0.05) is 18.9 Å². The molecule has 1 aromatic carbocycles. The van der Waals surface area contributed by atoms with Gasteiger partial charge in [-0.05, 0) is 12.1 Å². The third-order valence-corrected chi connectivity index (χ3v) is 1.78. The Kier molecular flexibility index (Phi) is 3.53. The standard InChI is InChI=1S/C10H10ClNO/c1-12(7-9(11)8-13)10-5-3-2-4-6-10/h2-8H,1H3. The molecule has 68 valence electrons. The number of aldehydes is 1. The Balaban J connectivity index is 2.80. The lowest BCUT2D eigenvalue weighted by atomic mass is 10.3. The van der Waals surface area contributed by atoms with Gasteiger partial charge in [0.15, 0.2) is 6.29 Å². The molecule has 13 heavy (non-hydrogen) atoms. The first-order valence-electron chi connectivity index (χ1n) is 3.84. The summed E-state index contributed by atoms with van der Waals surface area (Å²) in [5, 5.41) is 0.186. The number of benzene rings is 1. The van der Waals surface area contributed by atoms with Gasteiger partial charge in [0.25, 0.3) is 0 Å². The Labute approximate surface area is 82.4 Å². The van der Waals surface area contributed by atoms with Crippen LogP contribution in [0.5, 0.6) is 0 Å². The molecule has 0 radical (unpaired) electrons. The molecule has 0 fully saturated rings. The van der Waals surface area contributed by atoms with Gasteiger partial charge in [-0.2, -0.15) is 0 Å². The van der Waals surface area contributed by atoms with Crippen LogP contribution >= 0.6 is 11.6 Å². The fraction of sp³-hybridized carbons (Fsp3) is 0.100. The van der Waals surface area contributed by atoms with E-state index in [2.05, 4.69) is 0 Å². The van der Waals surface area contributed by atoms with Gasteiger partial charge < -0.3 is 4.90 Å². The molecular formula is C10H10ClNO. The zero-order valence-corrected chi connectivity index (χ0v) is 8.03. The first-order chi connectivity index (χ1) is 6.24. The minimum atomic E-state index is 0.186. The zero-order chi connectivity index (χ0) is 9.68. The van der Waals surface area contributed by atoms with Crippen molar-refractivity contribution < 1.29 is 4.79 Å². The minimum Gasteiger partial charge on any atom is -0.349 e. The van der Waals surface area contributed by atoms with E-state index < -0.39 is 0 Å². The highest BCUT2D eigenvalue weighted by molar-refractivity contribution is 6.38. The van der Waals surface area contributed by atoms with Crippen molar-refractivity contribution in [3.8, 4) is 0 Å². The van der Waals surface area contributed by atoms with Crippen LogP contribution in [0.2, 0.25) is 0 Å². The van der Waals surface area contributed by atoms with E-state index in [9.17, 15) is 4.79 Å². The molecule has 0 aromatic heterocycles. The number of anilines is 1. The molecule has 0 heterocycles. The third-order valence-electron chi connectivity index (χ3n) is 1.59. The normalized spacial score (nSPS) is 11.1. The van der Waals surface area contributed by atoms with Gasteiger partial charge in [0.05, 0.1) is 5.03 Å². The lowest BCUT2D eigenvalue weighted by molar-refractivity contribution is -0.104. The Hall–Kier alpha value is -1.28. The zero-order valence-electron chi connectivity index (χ0n) is 7.27. The van der Waals surface area contributed by atoms with E-state index in [1.54, 1.807) is 11.1 Å². The number of rotatable bonds is 3. The van der Waals surface area contributed by atoms with Crippen molar-refractivity contribution in [2.75, 3.05) is 11.9 Å². The molecular weight excluding hydrogens is 186 g/mol. The quantitative estimate of drug-likeness (QED) is 0.545. The van der Waals surface area contributed by atoms with E-state index in [4.69, 9.17) is 11.6 Å². The number of hydrogen-bond donors (Lipinski definition) is 0. The van der Waals surface area contributed by atoms with Gasteiger partial charge in [-0.25, -0.2) is 0 Å². The number of allylic oxidation sites excluding steroid dienone is 1. The van der Waals surface area contributed by atoms with Crippen molar-refractivity contribution in [3.05, 3.63) is 41.6 Å². The maximum Gasteiger partial charge on any atom is 0.162 e. The molecule has 0 amide bonds. The van der Waals surface area contributed by atoms with Gasteiger partial charge in [0.1, 0.15) is 0 Å². The van der Waals surface area contributed by atoms with Crippen molar-refractivity contribution in [1.29, 1.82) is 0 Å². The molecule has 0 unspecified atom stereocenters.